The van der Waals surface area contributed by atoms with Crippen LogP contribution in [0.15, 0.2) is 30.6 Å². The van der Waals surface area contributed by atoms with Gasteiger partial charge in [-0.05, 0) is 49.3 Å². The van der Waals surface area contributed by atoms with Gasteiger partial charge >= 0.3 is 6.18 Å². The number of nitrogens with two attached hydrogens (primary N) is 1. The highest BCUT2D eigenvalue weighted by atomic mass is 19.4. The molecular formula is C21H23F4N5O. The standard InChI is InChI=1S/C21H23F4N5O/c22-17-19(27-9-13-7-14(8-13)18(26)31)28-11-29-20(17)30(16-5-6-16)10-12-1-3-15(4-2-12)21(23,24)25/h1-4,11,13-14,16H,5-10H2,(H2,26,31)(H,27,28,29). The van der Waals surface area contributed by atoms with Crippen molar-refractivity contribution in [1.82, 2.24) is 9.97 Å². The van der Waals surface area contributed by atoms with Gasteiger partial charge in [0.15, 0.2) is 11.6 Å². The van der Waals surface area contributed by atoms with Crippen LogP contribution in [0.2, 0.25) is 0 Å². The van der Waals surface area contributed by atoms with Crippen LogP contribution in [0.4, 0.5) is 29.2 Å². The van der Waals surface area contributed by atoms with Crippen LogP contribution in [0.1, 0.15) is 36.8 Å². The molecule has 1 aromatic heterocycles. The molecule has 2 saturated carbocycles. The number of carbonyl (C=O) groups excluding carboxylic acids is 1. The smallest absolute Gasteiger partial charge is 0.369 e. The molecule has 6 nitrogen and oxygen atoms in total. The van der Waals surface area contributed by atoms with Gasteiger partial charge in [0.2, 0.25) is 11.7 Å². The molecule has 0 saturated heterocycles. The molecule has 0 bridgehead atoms. The first-order chi connectivity index (χ1) is 14.7. The summed E-state index contributed by atoms with van der Waals surface area (Å²) >= 11 is 0. The number of benzene rings is 1. The second-order valence-electron chi connectivity index (χ2n) is 8.23. The van der Waals surface area contributed by atoms with Crippen molar-refractivity contribution in [3.63, 3.8) is 0 Å². The Morgan fingerprint density at radius 1 is 1.16 bits per heavy atom. The van der Waals surface area contributed by atoms with E-state index in [1.54, 1.807) is 4.90 Å². The van der Waals surface area contributed by atoms with Gasteiger partial charge in [0.1, 0.15) is 6.33 Å². The SMILES string of the molecule is NC(=O)C1CC(CNc2ncnc(N(Cc3ccc(C(F)(F)F)cc3)C3CC3)c2F)C1. The number of hydrogen-bond acceptors (Lipinski definition) is 5. The number of alkyl halides is 3. The van der Waals surface area contributed by atoms with Crippen LogP contribution in [0.3, 0.4) is 0 Å². The van der Waals surface area contributed by atoms with E-state index in [1.807, 2.05) is 0 Å². The maximum atomic E-state index is 15.2. The highest BCUT2D eigenvalue weighted by Crippen LogP contribution is 2.36. The number of halogens is 4. The van der Waals surface area contributed by atoms with E-state index in [0.717, 1.165) is 25.0 Å². The minimum Gasteiger partial charge on any atom is -0.369 e. The lowest BCUT2D eigenvalue weighted by atomic mass is 9.74. The third kappa shape index (κ3) is 4.88. The molecule has 0 radical (unpaired) electrons. The van der Waals surface area contributed by atoms with Crippen LogP contribution in [0, 0.1) is 17.7 Å². The van der Waals surface area contributed by atoms with Gasteiger partial charge in [-0.3, -0.25) is 4.79 Å². The molecule has 0 aliphatic heterocycles. The lowest BCUT2D eigenvalue weighted by Gasteiger charge is -2.33. The number of primary amides is 1. The molecule has 1 heterocycles. The van der Waals surface area contributed by atoms with Crippen molar-refractivity contribution in [3.05, 3.63) is 47.5 Å². The summed E-state index contributed by atoms with van der Waals surface area (Å²) < 4.78 is 53.5. The molecule has 0 spiro atoms. The lowest BCUT2D eigenvalue weighted by Crippen LogP contribution is -2.38. The number of nitrogens with one attached hydrogen (secondary N) is 1. The van der Waals surface area contributed by atoms with Crippen molar-refractivity contribution in [2.24, 2.45) is 17.6 Å². The van der Waals surface area contributed by atoms with Gasteiger partial charge in [0.25, 0.3) is 0 Å². The summed E-state index contributed by atoms with van der Waals surface area (Å²) in [4.78, 5) is 21.0. The molecule has 166 valence electrons. The van der Waals surface area contributed by atoms with E-state index >= 15 is 4.39 Å². The van der Waals surface area contributed by atoms with E-state index in [-0.39, 0.29) is 42.0 Å². The highest BCUT2D eigenvalue weighted by Gasteiger charge is 2.35. The Morgan fingerprint density at radius 3 is 2.42 bits per heavy atom. The molecule has 0 atom stereocenters. The van der Waals surface area contributed by atoms with E-state index in [9.17, 15) is 18.0 Å². The number of anilines is 2. The zero-order chi connectivity index (χ0) is 22.2. The van der Waals surface area contributed by atoms with Crippen molar-refractivity contribution < 1.29 is 22.4 Å². The highest BCUT2D eigenvalue weighted by molar-refractivity contribution is 5.77. The quantitative estimate of drug-likeness (QED) is 0.615. The third-order valence-corrected chi connectivity index (χ3v) is 5.86. The fourth-order valence-electron chi connectivity index (χ4n) is 3.82. The zero-order valence-corrected chi connectivity index (χ0v) is 16.7. The molecule has 2 aliphatic carbocycles. The van der Waals surface area contributed by atoms with Crippen molar-refractivity contribution in [1.29, 1.82) is 0 Å². The van der Waals surface area contributed by atoms with E-state index in [2.05, 4.69) is 15.3 Å². The number of amides is 1. The van der Waals surface area contributed by atoms with Crippen molar-refractivity contribution in [2.75, 3.05) is 16.8 Å². The van der Waals surface area contributed by atoms with Crippen LogP contribution in [0.5, 0.6) is 0 Å². The molecule has 1 amide bonds. The summed E-state index contributed by atoms with van der Waals surface area (Å²) in [6.07, 6.45) is -0.0529. The molecule has 4 rings (SSSR count). The van der Waals surface area contributed by atoms with Gasteiger partial charge in [0.05, 0.1) is 5.56 Å². The molecule has 2 fully saturated rings. The maximum absolute atomic E-state index is 15.2. The van der Waals surface area contributed by atoms with Gasteiger partial charge in [-0.2, -0.15) is 17.6 Å². The summed E-state index contributed by atoms with van der Waals surface area (Å²) in [5.41, 5.74) is 5.19. The predicted octanol–water partition coefficient (Wildman–Crippen LogP) is 3.73. The van der Waals surface area contributed by atoms with Gasteiger partial charge in [-0.25, -0.2) is 9.97 Å². The first kappa shape index (κ1) is 21.3. The molecule has 3 N–H and O–H groups in total. The summed E-state index contributed by atoms with van der Waals surface area (Å²) in [5.74, 6) is -0.593. The van der Waals surface area contributed by atoms with Gasteiger partial charge in [-0.15, -0.1) is 0 Å². The van der Waals surface area contributed by atoms with E-state index in [4.69, 9.17) is 5.73 Å². The van der Waals surface area contributed by atoms with Crippen molar-refractivity contribution in [3.8, 4) is 0 Å². The fraction of sp³-hybridized carbons (Fsp3) is 0.476. The molecular weight excluding hydrogens is 414 g/mol. The molecule has 2 aromatic rings. The second kappa shape index (κ2) is 8.32. The average molecular weight is 437 g/mol. The Kier molecular flexibility index (Phi) is 5.72. The average Bonchev–Trinajstić information content (AvgIpc) is 3.51. The Hall–Kier alpha value is -2.91. The summed E-state index contributed by atoms with van der Waals surface area (Å²) in [7, 11) is 0. The topological polar surface area (TPSA) is 84.1 Å². The minimum atomic E-state index is -4.40. The van der Waals surface area contributed by atoms with Crippen LogP contribution in [0.25, 0.3) is 0 Å². The minimum absolute atomic E-state index is 0.0746. The summed E-state index contributed by atoms with van der Waals surface area (Å²) in [6.45, 7) is 0.721. The first-order valence-electron chi connectivity index (χ1n) is 10.2. The first-order valence-corrected chi connectivity index (χ1v) is 10.2. The maximum Gasteiger partial charge on any atom is 0.416 e. The van der Waals surface area contributed by atoms with Crippen LogP contribution < -0.4 is 16.0 Å². The predicted molar refractivity (Wildman–Crippen MR) is 107 cm³/mol. The monoisotopic (exact) mass is 437 g/mol. The lowest BCUT2D eigenvalue weighted by molar-refractivity contribution is -0.137. The zero-order valence-electron chi connectivity index (χ0n) is 16.7. The molecule has 0 unspecified atom stereocenters. The number of hydrogen-bond donors (Lipinski definition) is 2. The normalized spacial score (nSPS) is 20.8. The Labute approximate surface area is 176 Å². The second-order valence-corrected chi connectivity index (χ2v) is 8.23. The molecule has 31 heavy (non-hydrogen) atoms. The number of aromatic nitrogens is 2. The van der Waals surface area contributed by atoms with Crippen LogP contribution >= 0.6 is 0 Å². The number of rotatable bonds is 8. The molecule has 10 heteroatoms. The van der Waals surface area contributed by atoms with Crippen LogP contribution in [-0.4, -0.2) is 28.5 Å². The van der Waals surface area contributed by atoms with Crippen LogP contribution in [-0.2, 0) is 17.5 Å². The van der Waals surface area contributed by atoms with E-state index in [1.165, 1.54) is 18.5 Å². The Morgan fingerprint density at radius 2 is 1.84 bits per heavy atom. The summed E-state index contributed by atoms with van der Waals surface area (Å²) in [6, 6.07) is 4.95. The van der Waals surface area contributed by atoms with E-state index in [0.29, 0.717) is 24.9 Å². The summed E-state index contributed by atoms with van der Waals surface area (Å²) in [5, 5.41) is 2.99. The molecule has 2 aliphatic rings. The third-order valence-electron chi connectivity index (χ3n) is 5.86. The number of carbonyl (C=O) groups is 1. The Bertz CT molecular complexity index is 940. The van der Waals surface area contributed by atoms with Gasteiger partial charge < -0.3 is 16.0 Å². The number of nitrogens with zero attached hydrogens (tertiary/aromatic N) is 3. The van der Waals surface area contributed by atoms with Gasteiger partial charge in [-0.1, -0.05) is 12.1 Å². The fourth-order valence-corrected chi connectivity index (χ4v) is 3.82. The van der Waals surface area contributed by atoms with Crippen molar-refractivity contribution >= 4 is 17.5 Å². The Balaban J connectivity index is 1.45. The van der Waals surface area contributed by atoms with E-state index < -0.39 is 17.6 Å². The molecule has 1 aromatic carbocycles. The van der Waals surface area contributed by atoms with Crippen molar-refractivity contribution in [2.45, 2.75) is 44.4 Å². The largest absolute Gasteiger partial charge is 0.416 e. The van der Waals surface area contributed by atoms with Gasteiger partial charge in [0, 0.05) is 25.0 Å².